The number of benzene rings is 1. The minimum atomic E-state index is -0.378. The van der Waals surface area contributed by atoms with Gasteiger partial charge in [-0.2, -0.15) is 10.1 Å². The molecule has 2 heterocycles. The van der Waals surface area contributed by atoms with E-state index in [0.717, 1.165) is 0 Å². The lowest BCUT2D eigenvalue weighted by molar-refractivity contribution is 0.0943. The molecule has 0 aliphatic carbocycles. The molecule has 0 fully saturated rings. The van der Waals surface area contributed by atoms with E-state index >= 15 is 0 Å². The zero-order chi connectivity index (χ0) is 21.3. The minimum Gasteiger partial charge on any atom is -0.350 e. The maximum atomic E-state index is 12.7. The fourth-order valence-corrected chi connectivity index (χ4v) is 3.76. The van der Waals surface area contributed by atoms with Crippen LogP contribution >= 0.6 is 22.9 Å². The minimum absolute atomic E-state index is 0.247. The van der Waals surface area contributed by atoms with Gasteiger partial charge in [0.2, 0.25) is 0 Å². The van der Waals surface area contributed by atoms with Gasteiger partial charge in [0.15, 0.2) is 16.5 Å². The molecule has 0 bridgehead atoms. The topological polar surface area (TPSA) is 88.9 Å². The SMILES string of the molecule is CC(C)CNC(=O)c1nn(C(C)(C)C)c2nc(NC(=O)c3cccc(Cl)c3)sc12. The van der Waals surface area contributed by atoms with Crippen LogP contribution in [0.4, 0.5) is 5.13 Å². The number of aromatic nitrogens is 3. The van der Waals surface area contributed by atoms with Gasteiger partial charge < -0.3 is 5.32 Å². The van der Waals surface area contributed by atoms with E-state index in [1.165, 1.54) is 11.3 Å². The molecule has 2 N–H and O–H groups in total. The van der Waals surface area contributed by atoms with Crippen molar-refractivity contribution >= 4 is 50.2 Å². The molecule has 0 aliphatic heterocycles. The normalized spacial score (nSPS) is 11.8. The Morgan fingerprint density at radius 1 is 1.24 bits per heavy atom. The van der Waals surface area contributed by atoms with Crippen molar-refractivity contribution in [2.75, 3.05) is 11.9 Å². The van der Waals surface area contributed by atoms with Crippen LogP contribution in [0.3, 0.4) is 0 Å². The Hall–Kier alpha value is -2.45. The molecular weight excluding hydrogens is 410 g/mol. The summed E-state index contributed by atoms with van der Waals surface area (Å²) in [6.07, 6.45) is 0. The standard InChI is InChI=1S/C20H24ClN5O2S/c1-11(2)10-22-18(28)14-15-16(26(25-14)20(3,4)5)23-19(29-15)24-17(27)12-7-6-8-13(21)9-12/h6-9,11H,10H2,1-5H3,(H,22,28)(H,23,24,27). The number of fused-ring (bicyclic) bond motifs is 1. The van der Waals surface area contributed by atoms with Crippen molar-refractivity contribution in [3.05, 3.63) is 40.5 Å². The third kappa shape index (κ3) is 4.76. The van der Waals surface area contributed by atoms with E-state index in [0.29, 0.717) is 44.2 Å². The molecule has 7 nitrogen and oxygen atoms in total. The molecule has 9 heteroatoms. The van der Waals surface area contributed by atoms with Gasteiger partial charge in [-0.05, 0) is 44.9 Å². The molecule has 3 rings (SSSR count). The highest BCUT2D eigenvalue weighted by atomic mass is 35.5. The average molecular weight is 434 g/mol. The van der Waals surface area contributed by atoms with Crippen LogP contribution in [0.1, 0.15) is 55.5 Å². The molecule has 1 aromatic carbocycles. The second-order valence-corrected chi connectivity index (χ2v) is 9.61. The van der Waals surface area contributed by atoms with E-state index in [-0.39, 0.29) is 17.4 Å². The highest BCUT2D eigenvalue weighted by Gasteiger charge is 2.27. The summed E-state index contributed by atoms with van der Waals surface area (Å²) >= 11 is 7.20. The number of carbonyl (C=O) groups is 2. The number of anilines is 1. The predicted molar refractivity (Wildman–Crippen MR) is 117 cm³/mol. The van der Waals surface area contributed by atoms with Gasteiger partial charge in [0.05, 0.1) is 5.54 Å². The third-order valence-corrected chi connectivity index (χ3v) is 5.26. The smallest absolute Gasteiger partial charge is 0.273 e. The highest BCUT2D eigenvalue weighted by molar-refractivity contribution is 7.22. The molecule has 3 aromatic rings. The lowest BCUT2D eigenvalue weighted by Crippen LogP contribution is -2.29. The lowest BCUT2D eigenvalue weighted by atomic mass is 10.1. The molecule has 2 aromatic heterocycles. The molecule has 2 amide bonds. The molecule has 0 atom stereocenters. The maximum Gasteiger partial charge on any atom is 0.273 e. The van der Waals surface area contributed by atoms with Crippen LogP contribution in [-0.4, -0.2) is 33.1 Å². The summed E-state index contributed by atoms with van der Waals surface area (Å²) < 4.78 is 2.36. The number of rotatable bonds is 5. The Morgan fingerprint density at radius 3 is 2.59 bits per heavy atom. The molecule has 0 saturated carbocycles. The first-order valence-corrected chi connectivity index (χ1v) is 10.5. The van der Waals surface area contributed by atoms with Crippen LogP contribution in [0.2, 0.25) is 5.02 Å². The van der Waals surface area contributed by atoms with Gasteiger partial charge in [0, 0.05) is 17.1 Å². The summed E-state index contributed by atoms with van der Waals surface area (Å²) in [5.74, 6) is -0.235. The summed E-state index contributed by atoms with van der Waals surface area (Å²) in [6, 6.07) is 6.68. The first-order valence-electron chi connectivity index (χ1n) is 9.31. The van der Waals surface area contributed by atoms with Crippen LogP contribution in [0.25, 0.3) is 10.3 Å². The van der Waals surface area contributed by atoms with Crippen molar-refractivity contribution in [2.45, 2.75) is 40.2 Å². The summed E-state index contributed by atoms with van der Waals surface area (Å²) in [5.41, 5.74) is 0.941. The Balaban J connectivity index is 1.96. The number of thiazole rings is 1. The van der Waals surface area contributed by atoms with Gasteiger partial charge in [0.1, 0.15) is 4.70 Å². The van der Waals surface area contributed by atoms with E-state index in [1.54, 1.807) is 28.9 Å². The van der Waals surface area contributed by atoms with E-state index in [1.807, 2.05) is 34.6 Å². The van der Waals surface area contributed by atoms with Gasteiger partial charge in [-0.1, -0.05) is 42.9 Å². The maximum absolute atomic E-state index is 12.7. The van der Waals surface area contributed by atoms with Gasteiger partial charge in [-0.15, -0.1) is 0 Å². The van der Waals surface area contributed by atoms with Crippen LogP contribution in [0, 0.1) is 5.92 Å². The van der Waals surface area contributed by atoms with E-state index in [2.05, 4.69) is 20.7 Å². The zero-order valence-corrected chi connectivity index (χ0v) is 18.6. The molecule has 0 radical (unpaired) electrons. The monoisotopic (exact) mass is 433 g/mol. The van der Waals surface area contributed by atoms with Crippen LogP contribution < -0.4 is 10.6 Å². The molecular formula is C20H24ClN5O2S. The second-order valence-electron chi connectivity index (χ2n) is 8.17. The van der Waals surface area contributed by atoms with Crippen molar-refractivity contribution in [1.82, 2.24) is 20.1 Å². The fourth-order valence-electron chi connectivity index (χ4n) is 2.65. The Labute approximate surface area is 178 Å². The van der Waals surface area contributed by atoms with Crippen molar-refractivity contribution < 1.29 is 9.59 Å². The van der Waals surface area contributed by atoms with Crippen LogP contribution in [0.5, 0.6) is 0 Å². The Bertz CT molecular complexity index is 1060. The summed E-state index contributed by atoms with van der Waals surface area (Å²) in [4.78, 5) is 29.8. The van der Waals surface area contributed by atoms with Crippen molar-refractivity contribution in [2.24, 2.45) is 5.92 Å². The number of hydrogen-bond acceptors (Lipinski definition) is 5. The highest BCUT2D eigenvalue weighted by Crippen LogP contribution is 2.32. The zero-order valence-electron chi connectivity index (χ0n) is 17.0. The molecule has 154 valence electrons. The molecule has 0 unspecified atom stereocenters. The number of carbonyl (C=O) groups excluding carboxylic acids is 2. The second kappa shape index (κ2) is 8.12. The van der Waals surface area contributed by atoms with Gasteiger partial charge in [-0.25, -0.2) is 4.68 Å². The Kier molecular flexibility index (Phi) is 5.95. The summed E-state index contributed by atoms with van der Waals surface area (Å²) in [5, 5.41) is 11.1. The number of amides is 2. The molecule has 0 aliphatic rings. The fraction of sp³-hybridized carbons (Fsp3) is 0.400. The molecule has 29 heavy (non-hydrogen) atoms. The van der Waals surface area contributed by atoms with Gasteiger partial charge >= 0.3 is 0 Å². The molecule has 0 saturated heterocycles. The summed E-state index contributed by atoms with van der Waals surface area (Å²) in [6.45, 7) is 10.6. The van der Waals surface area contributed by atoms with E-state index < -0.39 is 0 Å². The van der Waals surface area contributed by atoms with Crippen LogP contribution in [-0.2, 0) is 5.54 Å². The van der Waals surface area contributed by atoms with Crippen LogP contribution in [0.15, 0.2) is 24.3 Å². The molecule has 0 spiro atoms. The number of halogens is 1. The van der Waals surface area contributed by atoms with Gasteiger partial charge in [-0.3, -0.25) is 14.9 Å². The predicted octanol–water partition coefficient (Wildman–Crippen LogP) is 4.54. The largest absolute Gasteiger partial charge is 0.350 e. The first-order chi connectivity index (χ1) is 13.6. The van der Waals surface area contributed by atoms with E-state index in [9.17, 15) is 9.59 Å². The quantitative estimate of drug-likeness (QED) is 0.618. The third-order valence-electron chi connectivity index (χ3n) is 4.05. The van der Waals surface area contributed by atoms with E-state index in [4.69, 9.17) is 11.6 Å². The average Bonchev–Trinajstić information content (AvgIpc) is 3.17. The summed E-state index contributed by atoms with van der Waals surface area (Å²) in [7, 11) is 0. The van der Waals surface area contributed by atoms with Crippen molar-refractivity contribution in [3.63, 3.8) is 0 Å². The number of nitrogens with zero attached hydrogens (tertiary/aromatic N) is 3. The number of nitrogens with one attached hydrogen (secondary N) is 2. The first kappa shape index (κ1) is 21.3. The Morgan fingerprint density at radius 2 is 1.97 bits per heavy atom. The lowest BCUT2D eigenvalue weighted by Gasteiger charge is -2.19. The van der Waals surface area contributed by atoms with Gasteiger partial charge in [0.25, 0.3) is 11.8 Å². The number of hydrogen-bond donors (Lipinski definition) is 2. The van der Waals surface area contributed by atoms with Crippen molar-refractivity contribution in [3.8, 4) is 0 Å². The van der Waals surface area contributed by atoms with Crippen molar-refractivity contribution in [1.29, 1.82) is 0 Å².